The summed E-state index contributed by atoms with van der Waals surface area (Å²) in [5.41, 5.74) is 0.338. The molecule has 0 aromatic carbocycles. The van der Waals surface area contributed by atoms with Gasteiger partial charge in [0.2, 0.25) is 0 Å². The maximum atomic E-state index is 10.3. The zero-order valence-electron chi connectivity index (χ0n) is 6.61. The first-order chi connectivity index (χ1) is 6.13. The van der Waals surface area contributed by atoms with Crippen LogP contribution in [0, 0.1) is 0 Å². The van der Waals surface area contributed by atoms with Crippen LogP contribution in [0.25, 0.3) is 0 Å². The number of anilines is 1. The molecule has 0 atom stereocenters. The van der Waals surface area contributed by atoms with Gasteiger partial charge in [-0.15, -0.1) is 0 Å². The van der Waals surface area contributed by atoms with Crippen LogP contribution in [-0.2, 0) is 0 Å². The number of nitrogens with one attached hydrogen (secondary N) is 1. The van der Waals surface area contributed by atoms with Crippen LogP contribution in [0.3, 0.4) is 0 Å². The van der Waals surface area contributed by atoms with Crippen LogP contribution in [0.15, 0.2) is 16.0 Å². The van der Waals surface area contributed by atoms with Crippen molar-refractivity contribution in [2.45, 2.75) is 5.16 Å². The van der Waals surface area contributed by atoms with E-state index in [-0.39, 0.29) is 0 Å². The quantitative estimate of drug-likeness (QED) is 0.485. The monoisotopic (exact) mass is 263 g/mol. The molecule has 0 unspecified atom stereocenters. The van der Waals surface area contributed by atoms with Gasteiger partial charge in [0.25, 0.3) is 0 Å². The lowest BCUT2D eigenvalue weighted by Crippen LogP contribution is -2.08. The number of halogens is 1. The summed E-state index contributed by atoms with van der Waals surface area (Å²) in [4.78, 5) is 18.2. The zero-order chi connectivity index (χ0) is 9.84. The molecule has 0 saturated carbocycles. The third-order valence-corrected chi connectivity index (χ3v) is 2.31. The molecule has 1 rings (SSSR count). The van der Waals surface area contributed by atoms with Gasteiger partial charge in [-0.05, 0) is 22.2 Å². The molecule has 0 radical (unpaired) electrons. The van der Waals surface area contributed by atoms with Gasteiger partial charge in [0, 0.05) is 0 Å². The van der Waals surface area contributed by atoms with Crippen LogP contribution >= 0.6 is 27.7 Å². The van der Waals surface area contributed by atoms with Crippen LogP contribution in [0.5, 0.6) is 0 Å². The average Bonchev–Trinajstić information content (AvgIpc) is 2.08. The smallest absolute Gasteiger partial charge is 0.409 e. The molecule has 1 aromatic rings. The highest BCUT2D eigenvalue weighted by molar-refractivity contribution is 9.10. The van der Waals surface area contributed by atoms with Crippen molar-refractivity contribution in [2.75, 3.05) is 11.6 Å². The highest BCUT2D eigenvalue weighted by atomic mass is 79.9. The van der Waals surface area contributed by atoms with Crippen LogP contribution < -0.4 is 5.32 Å². The molecule has 2 N–H and O–H groups in total. The molecule has 0 aliphatic carbocycles. The van der Waals surface area contributed by atoms with Gasteiger partial charge in [0.15, 0.2) is 5.16 Å². The van der Waals surface area contributed by atoms with Gasteiger partial charge in [0.05, 0.1) is 11.9 Å². The summed E-state index contributed by atoms with van der Waals surface area (Å²) in [6.45, 7) is 0. The lowest BCUT2D eigenvalue weighted by Gasteiger charge is -2.02. The number of rotatable bonds is 2. The summed E-state index contributed by atoms with van der Waals surface area (Å²) < 4.78 is 0.439. The molecule has 1 heterocycles. The summed E-state index contributed by atoms with van der Waals surface area (Å²) in [7, 11) is 0. The third kappa shape index (κ3) is 2.85. The minimum absolute atomic E-state index is 0.338. The highest BCUT2D eigenvalue weighted by Crippen LogP contribution is 2.21. The first-order valence-electron chi connectivity index (χ1n) is 3.20. The number of nitrogens with zero attached hydrogens (tertiary/aromatic N) is 2. The van der Waals surface area contributed by atoms with Gasteiger partial charge < -0.3 is 5.11 Å². The van der Waals surface area contributed by atoms with E-state index in [9.17, 15) is 4.79 Å². The van der Waals surface area contributed by atoms with Crippen molar-refractivity contribution in [3.63, 3.8) is 0 Å². The highest BCUT2D eigenvalue weighted by Gasteiger charge is 2.05. The van der Waals surface area contributed by atoms with Gasteiger partial charge in [0.1, 0.15) is 4.60 Å². The predicted molar refractivity (Wildman–Crippen MR) is 53.2 cm³/mol. The number of thioether (sulfide) groups is 1. The number of carbonyl (C=O) groups is 1. The SMILES string of the molecule is CSc1ncc(NC(=O)O)c(Br)n1. The largest absolute Gasteiger partial charge is 0.465 e. The van der Waals surface area contributed by atoms with Gasteiger partial charge in [-0.25, -0.2) is 14.8 Å². The number of amides is 1. The Morgan fingerprint density at radius 3 is 2.92 bits per heavy atom. The Morgan fingerprint density at radius 1 is 1.77 bits per heavy atom. The van der Waals surface area contributed by atoms with Crippen molar-refractivity contribution >= 4 is 39.5 Å². The molecule has 5 nitrogen and oxygen atoms in total. The van der Waals surface area contributed by atoms with E-state index >= 15 is 0 Å². The Labute approximate surface area is 87.1 Å². The lowest BCUT2D eigenvalue weighted by molar-refractivity contribution is 0.209. The second-order valence-corrected chi connectivity index (χ2v) is 3.52. The first-order valence-corrected chi connectivity index (χ1v) is 5.21. The van der Waals surface area contributed by atoms with E-state index in [1.165, 1.54) is 18.0 Å². The number of hydrogen-bond donors (Lipinski definition) is 2. The Morgan fingerprint density at radius 2 is 2.46 bits per heavy atom. The third-order valence-electron chi connectivity index (χ3n) is 1.14. The van der Waals surface area contributed by atoms with Gasteiger partial charge in [-0.3, -0.25) is 5.32 Å². The Balaban J connectivity index is 2.91. The number of hydrogen-bond acceptors (Lipinski definition) is 4. The first kappa shape index (κ1) is 10.3. The number of carboxylic acid groups (broad SMARTS) is 1. The summed E-state index contributed by atoms with van der Waals surface area (Å²) in [6.07, 6.45) is 2.12. The maximum absolute atomic E-state index is 10.3. The lowest BCUT2D eigenvalue weighted by atomic mass is 10.5. The normalized spacial score (nSPS) is 9.69. The molecule has 0 fully saturated rings. The maximum Gasteiger partial charge on any atom is 0.409 e. The molecule has 1 amide bonds. The second-order valence-electron chi connectivity index (χ2n) is 1.99. The molecule has 0 spiro atoms. The Bertz CT molecular complexity index is 334. The summed E-state index contributed by atoms with van der Waals surface area (Å²) in [6, 6.07) is 0. The van der Waals surface area contributed by atoms with Crippen molar-refractivity contribution in [3.05, 3.63) is 10.8 Å². The minimum Gasteiger partial charge on any atom is -0.465 e. The zero-order valence-corrected chi connectivity index (χ0v) is 9.02. The van der Waals surface area contributed by atoms with Crippen LogP contribution in [0.4, 0.5) is 10.5 Å². The molecule has 0 aliphatic heterocycles. The fourth-order valence-corrected chi connectivity index (χ4v) is 1.47. The molecule has 1 aromatic heterocycles. The van der Waals surface area contributed by atoms with Crippen molar-refractivity contribution in [2.24, 2.45) is 0 Å². The summed E-state index contributed by atoms with van der Waals surface area (Å²) in [5.74, 6) is 0. The van der Waals surface area contributed by atoms with E-state index in [1.54, 1.807) is 0 Å². The van der Waals surface area contributed by atoms with E-state index in [0.29, 0.717) is 15.4 Å². The van der Waals surface area contributed by atoms with Gasteiger partial charge >= 0.3 is 6.09 Å². The molecule has 0 saturated heterocycles. The summed E-state index contributed by atoms with van der Waals surface area (Å²) in [5, 5.41) is 11.2. The molecule has 7 heteroatoms. The van der Waals surface area contributed by atoms with Crippen molar-refractivity contribution in [1.29, 1.82) is 0 Å². The van der Waals surface area contributed by atoms with Crippen molar-refractivity contribution in [3.8, 4) is 0 Å². The Hall–Kier alpha value is -0.820. The molecular weight excluding hydrogens is 258 g/mol. The van der Waals surface area contributed by atoms with Gasteiger partial charge in [-0.2, -0.15) is 0 Å². The molecule has 70 valence electrons. The molecule has 0 aliphatic rings. The second kappa shape index (κ2) is 4.43. The van der Waals surface area contributed by atoms with Crippen LogP contribution in [0.1, 0.15) is 0 Å². The average molecular weight is 264 g/mol. The van der Waals surface area contributed by atoms with Crippen LogP contribution in [-0.4, -0.2) is 27.4 Å². The van der Waals surface area contributed by atoms with E-state index in [0.717, 1.165) is 0 Å². The number of aromatic nitrogens is 2. The van der Waals surface area contributed by atoms with Crippen molar-refractivity contribution < 1.29 is 9.90 Å². The topological polar surface area (TPSA) is 75.1 Å². The standard InChI is InChI=1S/C6H6BrN3O2S/c1-13-5-8-2-3(4(7)10-5)9-6(11)12/h2,9H,1H3,(H,11,12). The van der Waals surface area contributed by atoms with E-state index in [2.05, 4.69) is 31.2 Å². The fraction of sp³-hybridized carbons (Fsp3) is 0.167. The fourth-order valence-electron chi connectivity index (χ4n) is 0.644. The van der Waals surface area contributed by atoms with E-state index in [4.69, 9.17) is 5.11 Å². The van der Waals surface area contributed by atoms with E-state index < -0.39 is 6.09 Å². The predicted octanol–water partition coefficient (Wildman–Crippen LogP) is 2.05. The Kier molecular flexibility index (Phi) is 3.49. The van der Waals surface area contributed by atoms with Crippen LogP contribution in [0.2, 0.25) is 0 Å². The minimum atomic E-state index is -1.14. The molecule has 13 heavy (non-hydrogen) atoms. The van der Waals surface area contributed by atoms with Gasteiger partial charge in [-0.1, -0.05) is 11.8 Å². The summed E-state index contributed by atoms with van der Waals surface area (Å²) >= 11 is 4.51. The van der Waals surface area contributed by atoms with Crippen molar-refractivity contribution in [1.82, 2.24) is 9.97 Å². The molecular formula is C6H6BrN3O2S. The molecule has 0 bridgehead atoms. The van der Waals surface area contributed by atoms with E-state index in [1.807, 2.05) is 6.26 Å².